The molecule has 0 aliphatic heterocycles. The van der Waals surface area contributed by atoms with Crippen LogP contribution in [0, 0.1) is 0 Å². The van der Waals surface area contributed by atoms with Crippen molar-refractivity contribution >= 4 is 17.7 Å². The number of carbonyl (C=O) groups is 3. The Morgan fingerprint density at radius 1 is 1.00 bits per heavy atom. The highest BCUT2D eigenvalue weighted by Crippen LogP contribution is 2.23. The van der Waals surface area contributed by atoms with E-state index in [0.29, 0.717) is 5.56 Å². The van der Waals surface area contributed by atoms with Crippen LogP contribution >= 0.6 is 0 Å². The van der Waals surface area contributed by atoms with E-state index in [1.807, 2.05) is 18.2 Å². The predicted octanol–water partition coefficient (Wildman–Crippen LogP) is 3.91. The zero-order valence-corrected chi connectivity index (χ0v) is 16.8. The summed E-state index contributed by atoms with van der Waals surface area (Å²) in [5.41, 5.74) is 3.23. The number of hydrogen-bond donors (Lipinski definition) is 1. The van der Waals surface area contributed by atoms with Gasteiger partial charge in [0, 0.05) is 18.0 Å². The lowest BCUT2D eigenvalue weighted by molar-refractivity contribution is -0.155. The van der Waals surface area contributed by atoms with Crippen molar-refractivity contribution in [3.8, 4) is 0 Å². The monoisotopic (exact) mass is 385 g/mol. The lowest BCUT2D eigenvalue weighted by atomic mass is 10.0. The van der Waals surface area contributed by atoms with Gasteiger partial charge in [0.1, 0.15) is 0 Å². The van der Waals surface area contributed by atoms with Crippen molar-refractivity contribution in [3.05, 3.63) is 34.9 Å². The molecule has 5 nitrogen and oxygen atoms in total. The number of Topliss-reactive ketones (excluding diaryl/α,β-unsaturated/α-hetero) is 1. The molecule has 152 valence electrons. The molecule has 0 saturated heterocycles. The van der Waals surface area contributed by atoms with Crippen molar-refractivity contribution in [2.45, 2.75) is 89.7 Å². The van der Waals surface area contributed by atoms with Gasteiger partial charge in [-0.3, -0.25) is 14.4 Å². The first kappa shape index (κ1) is 20.6. The summed E-state index contributed by atoms with van der Waals surface area (Å²) in [6, 6.07) is 6.00. The molecule has 2 aliphatic rings. The Kier molecular flexibility index (Phi) is 7.24. The van der Waals surface area contributed by atoms with Gasteiger partial charge in [-0.05, 0) is 56.2 Å². The fraction of sp³-hybridized carbons (Fsp3) is 0.609. The van der Waals surface area contributed by atoms with Crippen LogP contribution in [-0.2, 0) is 27.2 Å². The van der Waals surface area contributed by atoms with Crippen LogP contribution in [0.15, 0.2) is 18.2 Å². The van der Waals surface area contributed by atoms with Crippen LogP contribution in [0.4, 0.5) is 0 Å². The number of benzene rings is 1. The number of ketones is 1. The second-order valence-electron chi connectivity index (χ2n) is 8.09. The van der Waals surface area contributed by atoms with E-state index in [2.05, 4.69) is 5.32 Å². The molecular formula is C23H31NO4. The number of ether oxygens (including phenoxy) is 1. The minimum Gasteiger partial charge on any atom is -0.453 e. The van der Waals surface area contributed by atoms with Gasteiger partial charge in [0.05, 0.1) is 6.42 Å². The van der Waals surface area contributed by atoms with Gasteiger partial charge in [0.2, 0.25) is 0 Å². The quantitative estimate of drug-likeness (QED) is 0.439. The van der Waals surface area contributed by atoms with Crippen LogP contribution < -0.4 is 5.32 Å². The molecule has 0 radical (unpaired) electrons. The summed E-state index contributed by atoms with van der Waals surface area (Å²) in [4.78, 5) is 36.7. The van der Waals surface area contributed by atoms with Gasteiger partial charge < -0.3 is 10.1 Å². The standard InChI is InChI=1S/C23H31NO4/c1-16(23(27)24-20-9-4-2-3-5-10-20)28-22(26)14-13-21(25)19-12-11-17-7-6-8-18(17)15-19/h11-12,15-16,20H,2-10,13-14H2,1H3,(H,24,27)/t16-/m0/s1. The molecule has 1 aromatic carbocycles. The fourth-order valence-corrected chi connectivity index (χ4v) is 4.16. The summed E-state index contributed by atoms with van der Waals surface area (Å²) in [6.07, 6.45) is 9.18. The first-order valence-corrected chi connectivity index (χ1v) is 10.7. The van der Waals surface area contributed by atoms with Gasteiger partial charge in [-0.15, -0.1) is 0 Å². The number of aryl methyl sites for hydroxylation is 2. The van der Waals surface area contributed by atoms with Crippen molar-refractivity contribution in [1.29, 1.82) is 0 Å². The van der Waals surface area contributed by atoms with E-state index in [-0.39, 0.29) is 30.6 Å². The third-order valence-corrected chi connectivity index (χ3v) is 5.86. The molecule has 1 amide bonds. The van der Waals surface area contributed by atoms with Crippen LogP contribution in [-0.4, -0.2) is 29.8 Å². The van der Waals surface area contributed by atoms with Gasteiger partial charge in [-0.2, -0.15) is 0 Å². The summed E-state index contributed by atoms with van der Waals surface area (Å²) in [7, 11) is 0. The first-order valence-electron chi connectivity index (χ1n) is 10.7. The van der Waals surface area contributed by atoms with E-state index in [0.717, 1.165) is 44.9 Å². The molecule has 28 heavy (non-hydrogen) atoms. The maximum Gasteiger partial charge on any atom is 0.307 e. The van der Waals surface area contributed by atoms with Crippen molar-refractivity contribution in [2.75, 3.05) is 0 Å². The molecule has 1 fully saturated rings. The first-order chi connectivity index (χ1) is 13.5. The Bertz CT molecular complexity index is 719. The fourth-order valence-electron chi connectivity index (χ4n) is 4.16. The smallest absolute Gasteiger partial charge is 0.307 e. The molecule has 0 spiro atoms. The molecule has 0 heterocycles. The Morgan fingerprint density at radius 3 is 2.46 bits per heavy atom. The minimum atomic E-state index is -0.828. The van der Waals surface area contributed by atoms with E-state index in [9.17, 15) is 14.4 Å². The normalized spacial score (nSPS) is 18.0. The molecule has 0 unspecified atom stereocenters. The van der Waals surface area contributed by atoms with Crippen LogP contribution in [0.5, 0.6) is 0 Å². The lowest BCUT2D eigenvalue weighted by Gasteiger charge is -2.19. The third kappa shape index (κ3) is 5.66. The van der Waals surface area contributed by atoms with Gasteiger partial charge in [0.15, 0.2) is 11.9 Å². The number of amides is 1. The summed E-state index contributed by atoms with van der Waals surface area (Å²) >= 11 is 0. The Labute approximate surface area is 167 Å². The Balaban J connectivity index is 1.41. The van der Waals surface area contributed by atoms with Crippen molar-refractivity contribution < 1.29 is 19.1 Å². The summed E-state index contributed by atoms with van der Waals surface area (Å²) < 4.78 is 5.24. The lowest BCUT2D eigenvalue weighted by Crippen LogP contribution is -2.41. The molecule has 1 atom stereocenters. The largest absolute Gasteiger partial charge is 0.453 e. The average molecular weight is 386 g/mol. The van der Waals surface area contributed by atoms with Crippen LogP contribution in [0.1, 0.15) is 86.2 Å². The molecular weight excluding hydrogens is 354 g/mol. The van der Waals surface area contributed by atoms with Gasteiger partial charge in [-0.1, -0.05) is 37.8 Å². The number of esters is 1. The predicted molar refractivity (Wildman–Crippen MR) is 107 cm³/mol. The molecule has 1 saturated carbocycles. The summed E-state index contributed by atoms with van der Waals surface area (Å²) in [5.74, 6) is -0.801. The second-order valence-corrected chi connectivity index (χ2v) is 8.09. The number of fused-ring (bicyclic) bond motifs is 1. The zero-order chi connectivity index (χ0) is 19.9. The number of rotatable bonds is 7. The third-order valence-electron chi connectivity index (χ3n) is 5.86. The zero-order valence-electron chi connectivity index (χ0n) is 16.8. The average Bonchev–Trinajstić information content (AvgIpc) is 3.01. The summed E-state index contributed by atoms with van der Waals surface area (Å²) in [6.45, 7) is 1.59. The molecule has 3 rings (SSSR count). The van der Waals surface area contributed by atoms with Crippen LogP contribution in [0.25, 0.3) is 0 Å². The van der Waals surface area contributed by atoms with E-state index < -0.39 is 12.1 Å². The van der Waals surface area contributed by atoms with Gasteiger partial charge in [0.25, 0.3) is 5.91 Å². The molecule has 0 bridgehead atoms. The highest BCUT2D eigenvalue weighted by Gasteiger charge is 2.22. The molecule has 1 N–H and O–H groups in total. The number of nitrogens with one attached hydrogen (secondary N) is 1. The van der Waals surface area contributed by atoms with E-state index in [4.69, 9.17) is 4.74 Å². The summed E-state index contributed by atoms with van der Waals surface area (Å²) in [5, 5.41) is 3.00. The van der Waals surface area contributed by atoms with Crippen molar-refractivity contribution in [3.63, 3.8) is 0 Å². The maximum absolute atomic E-state index is 12.4. The second kappa shape index (κ2) is 9.85. The molecule has 5 heteroatoms. The SMILES string of the molecule is C[C@H](OC(=O)CCC(=O)c1ccc2c(c1)CCC2)C(=O)NC1CCCCCC1. The number of carbonyl (C=O) groups excluding carboxylic acids is 3. The van der Waals surface area contributed by atoms with Crippen molar-refractivity contribution in [1.82, 2.24) is 5.32 Å². The van der Waals surface area contributed by atoms with Gasteiger partial charge in [-0.25, -0.2) is 0 Å². The minimum absolute atomic E-state index is 0.00301. The maximum atomic E-state index is 12.4. The van der Waals surface area contributed by atoms with Gasteiger partial charge >= 0.3 is 5.97 Å². The Morgan fingerprint density at radius 2 is 1.71 bits per heavy atom. The Hall–Kier alpha value is -2.17. The van der Waals surface area contributed by atoms with Crippen molar-refractivity contribution in [2.24, 2.45) is 0 Å². The van der Waals surface area contributed by atoms with E-state index in [1.165, 1.54) is 24.0 Å². The van der Waals surface area contributed by atoms with Crippen LogP contribution in [0.2, 0.25) is 0 Å². The highest BCUT2D eigenvalue weighted by atomic mass is 16.5. The topological polar surface area (TPSA) is 72.5 Å². The van der Waals surface area contributed by atoms with Crippen LogP contribution in [0.3, 0.4) is 0 Å². The van der Waals surface area contributed by atoms with E-state index in [1.54, 1.807) is 6.92 Å². The van der Waals surface area contributed by atoms with E-state index >= 15 is 0 Å². The molecule has 2 aliphatic carbocycles. The molecule has 0 aromatic heterocycles. The highest BCUT2D eigenvalue weighted by molar-refractivity contribution is 5.98. The molecule has 1 aromatic rings. The number of hydrogen-bond acceptors (Lipinski definition) is 4.